The Morgan fingerprint density at radius 1 is 1.24 bits per heavy atom. The van der Waals surface area contributed by atoms with Crippen molar-refractivity contribution in [3.63, 3.8) is 0 Å². The van der Waals surface area contributed by atoms with Gasteiger partial charge in [-0.15, -0.1) is 0 Å². The number of thiol groups is 1. The van der Waals surface area contributed by atoms with Gasteiger partial charge in [-0.05, 0) is 18.8 Å². The molecule has 0 aromatic rings. The van der Waals surface area contributed by atoms with E-state index in [4.69, 9.17) is 4.74 Å². The van der Waals surface area contributed by atoms with Crippen LogP contribution in [0.1, 0.15) is 19.8 Å². The SMILES string of the molecule is CC1CC2C(=O)N(CCOCCS)C(=O)C2C1. The van der Waals surface area contributed by atoms with Gasteiger partial charge in [0, 0.05) is 5.75 Å². The number of ether oxygens (including phenoxy) is 1. The molecule has 1 aliphatic carbocycles. The van der Waals surface area contributed by atoms with E-state index < -0.39 is 0 Å². The van der Waals surface area contributed by atoms with Crippen molar-refractivity contribution in [3.05, 3.63) is 0 Å². The van der Waals surface area contributed by atoms with Crippen LogP contribution in [0, 0.1) is 17.8 Å². The van der Waals surface area contributed by atoms with Crippen molar-refractivity contribution >= 4 is 24.4 Å². The van der Waals surface area contributed by atoms with Gasteiger partial charge in [0.15, 0.2) is 0 Å². The Morgan fingerprint density at radius 2 is 1.82 bits per heavy atom. The molecular weight excluding hydrogens is 238 g/mol. The van der Waals surface area contributed by atoms with Gasteiger partial charge in [-0.2, -0.15) is 12.6 Å². The second-order valence-corrected chi connectivity index (χ2v) is 5.40. The predicted molar refractivity (Wildman–Crippen MR) is 66.8 cm³/mol. The summed E-state index contributed by atoms with van der Waals surface area (Å²) in [6, 6.07) is 0. The molecule has 0 radical (unpaired) electrons. The van der Waals surface area contributed by atoms with Crippen molar-refractivity contribution in [2.24, 2.45) is 17.8 Å². The topological polar surface area (TPSA) is 46.6 Å². The van der Waals surface area contributed by atoms with E-state index >= 15 is 0 Å². The van der Waals surface area contributed by atoms with Crippen molar-refractivity contribution in [1.82, 2.24) is 4.90 Å². The summed E-state index contributed by atoms with van der Waals surface area (Å²) in [7, 11) is 0. The maximum Gasteiger partial charge on any atom is 0.233 e. The number of carbonyl (C=O) groups excluding carboxylic acids is 2. The van der Waals surface area contributed by atoms with Crippen LogP contribution in [-0.2, 0) is 14.3 Å². The molecule has 0 aromatic carbocycles. The first-order chi connectivity index (χ1) is 8.15. The van der Waals surface area contributed by atoms with E-state index in [1.54, 1.807) is 0 Å². The highest BCUT2D eigenvalue weighted by molar-refractivity contribution is 7.80. The molecule has 1 saturated carbocycles. The number of hydrogen-bond donors (Lipinski definition) is 1. The van der Waals surface area contributed by atoms with Crippen LogP contribution in [0.15, 0.2) is 0 Å². The molecule has 2 fully saturated rings. The average Bonchev–Trinajstić information content (AvgIpc) is 2.77. The van der Waals surface area contributed by atoms with Crippen LogP contribution in [-0.4, -0.2) is 42.2 Å². The summed E-state index contributed by atoms with van der Waals surface area (Å²) < 4.78 is 5.26. The van der Waals surface area contributed by atoms with Crippen LogP contribution in [0.4, 0.5) is 0 Å². The van der Waals surface area contributed by atoms with Gasteiger partial charge in [0.2, 0.25) is 11.8 Å². The molecule has 0 spiro atoms. The Kier molecular flexibility index (Phi) is 4.09. The Bertz CT molecular complexity index is 297. The molecule has 1 aliphatic heterocycles. The monoisotopic (exact) mass is 257 g/mol. The third kappa shape index (κ3) is 2.50. The van der Waals surface area contributed by atoms with Crippen LogP contribution in [0.3, 0.4) is 0 Å². The van der Waals surface area contributed by atoms with Gasteiger partial charge in [0.05, 0.1) is 31.6 Å². The van der Waals surface area contributed by atoms with Crippen LogP contribution in [0.2, 0.25) is 0 Å². The lowest BCUT2D eigenvalue weighted by atomic mass is 10.00. The molecule has 2 unspecified atom stereocenters. The van der Waals surface area contributed by atoms with E-state index in [2.05, 4.69) is 19.6 Å². The first-order valence-corrected chi connectivity index (χ1v) is 6.82. The molecule has 2 aliphatic rings. The molecule has 1 heterocycles. The van der Waals surface area contributed by atoms with Crippen LogP contribution in [0.25, 0.3) is 0 Å². The number of nitrogens with zero attached hydrogens (tertiary/aromatic N) is 1. The van der Waals surface area contributed by atoms with Gasteiger partial charge in [0.1, 0.15) is 0 Å². The van der Waals surface area contributed by atoms with E-state index in [-0.39, 0.29) is 23.7 Å². The Hall–Kier alpha value is -0.550. The minimum absolute atomic E-state index is 0.0128. The molecule has 4 nitrogen and oxygen atoms in total. The fraction of sp³-hybridized carbons (Fsp3) is 0.833. The van der Waals surface area contributed by atoms with Crippen LogP contribution < -0.4 is 0 Å². The zero-order valence-electron chi connectivity index (χ0n) is 10.1. The number of amides is 2. The van der Waals surface area contributed by atoms with Gasteiger partial charge in [0.25, 0.3) is 0 Å². The lowest BCUT2D eigenvalue weighted by Crippen LogP contribution is -2.35. The molecule has 0 aromatic heterocycles. The number of imide groups is 1. The Labute approximate surface area is 107 Å². The maximum absolute atomic E-state index is 12.0. The van der Waals surface area contributed by atoms with E-state index in [9.17, 15) is 9.59 Å². The van der Waals surface area contributed by atoms with E-state index in [1.165, 1.54) is 4.90 Å². The minimum Gasteiger partial charge on any atom is -0.379 e. The Morgan fingerprint density at radius 3 is 2.35 bits per heavy atom. The smallest absolute Gasteiger partial charge is 0.233 e. The van der Waals surface area contributed by atoms with E-state index in [0.717, 1.165) is 12.8 Å². The largest absolute Gasteiger partial charge is 0.379 e. The molecule has 96 valence electrons. The summed E-state index contributed by atoms with van der Waals surface area (Å²) in [5.74, 6) is 1.08. The zero-order valence-corrected chi connectivity index (χ0v) is 11.0. The summed E-state index contributed by atoms with van der Waals surface area (Å²) in [6.45, 7) is 3.49. The Balaban J connectivity index is 1.88. The van der Waals surface area contributed by atoms with Crippen molar-refractivity contribution < 1.29 is 14.3 Å². The van der Waals surface area contributed by atoms with Gasteiger partial charge in [-0.25, -0.2) is 0 Å². The summed E-state index contributed by atoms with van der Waals surface area (Å²) in [5, 5.41) is 0. The van der Waals surface area contributed by atoms with Gasteiger partial charge in [-0.1, -0.05) is 6.92 Å². The summed E-state index contributed by atoms with van der Waals surface area (Å²) in [4.78, 5) is 25.5. The molecule has 1 saturated heterocycles. The highest BCUT2D eigenvalue weighted by atomic mass is 32.1. The standard InChI is InChI=1S/C12H19NO3S/c1-8-6-9-10(7-8)12(15)13(11(9)14)2-3-16-4-5-17/h8-10,17H,2-7H2,1H3. The first kappa shape index (κ1) is 12.9. The fourth-order valence-corrected chi connectivity index (χ4v) is 3.02. The second-order valence-electron chi connectivity index (χ2n) is 4.95. The third-order valence-electron chi connectivity index (χ3n) is 3.66. The number of likely N-dealkylation sites (tertiary alicyclic amines) is 1. The van der Waals surface area contributed by atoms with E-state index in [1.807, 2.05) is 0 Å². The molecule has 17 heavy (non-hydrogen) atoms. The van der Waals surface area contributed by atoms with Crippen molar-refractivity contribution in [1.29, 1.82) is 0 Å². The fourth-order valence-electron chi connectivity index (χ4n) is 2.89. The number of rotatable bonds is 5. The van der Waals surface area contributed by atoms with Gasteiger partial charge < -0.3 is 4.74 Å². The molecule has 5 heteroatoms. The number of carbonyl (C=O) groups is 2. The quantitative estimate of drug-likeness (QED) is 0.453. The third-order valence-corrected chi connectivity index (χ3v) is 3.84. The minimum atomic E-state index is -0.0534. The maximum atomic E-state index is 12.0. The lowest BCUT2D eigenvalue weighted by molar-refractivity contribution is -0.141. The van der Waals surface area contributed by atoms with Crippen molar-refractivity contribution in [3.8, 4) is 0 Å². The molecule has 2 amide bonds. The predicted octanol–water partition coefficient (Wildman–Crippen LogP) is 0.964. The van der Waals surface area contributed by atoms with Crippen LogP contribution in [0.5, 0.6) is 0 Å². The summed E-state index contributed by atoms with van der Waals surface area (Å²) in [5.41, 5.74) is 0. The van der Waals surface area contributed by atoms with E-state index in [0.29, 0.717) is 31.4 Å². The number of fused-ring (bicyclic) bond motifs is 1. The molecule has 0 bridgehead atoms. The highest BCUT2D eigenvalue weighted by Crippen LogP contribution is 2.42. The number of hydrogen-bond acceptors (Lipinski definition) is 4. The van der Waals surface area contributed by atoms with Crippen molar-refractivity contribution in [2.75, 3.05) is 25.5 Å². The zero-order chi connectivity index (χ0) is 12.4. The highest BCUT2D eigenvalue weighted by Gasteiger charge is 2.51. The average molecular weight is 257 g/mol. The molecule has 2 rings (SSSR count). The van der Waals surface area contributed by atoms with Crippen molar-refractivity contribution in [2.45, 2.75) is 19.8 Å². The summed E-state index contributed by atoms with van der Waals surface area (Å²) in [6.07, 6.45) is 1.73. The second kappa shape index (κ2) is 5.40. The lowest BCUT2D eigenvalue weighted by Gasteiger charge is -2.16. The molecule has 2 atom stereocenters. The molecule has 0 N–H and O–H groups in total. The molecular formula is C12H19NO3S. The summed E-state index contributed by atoms with van der Waals surface area (Å²) >= 11 is 4.03. The first-order valence-electron chi connectivity index (χ1n) is 6.19. The normalized spacial score (nSPS) is 32.4. The van der Waals surface area contributed by atoms with Gasteiger partial charge in [-0.3, -0.25) is 14.5 Å². The van der Waals surface area contributed by atoms with Crippen LogP contribution >= 0.6 is 12.6 Å². The van der Waals surface area contributed by atoms with Gasteiger partial charge >= 0.3 is 0 Å².